The molecule has 0 aliphatic heterocycles. The summed E-state index contributed by atoms with van der Waals surface area (Å²) < 4.78 is 0. The summed E-state index contributed by atoms with van der Waals surface area (Å²) in [5.41, 5.74) is 0.450. The Hall–Kier alpha value is -2.20. The third kappa shape index (κ3) is 1.98. The van der Waals surface area contributed by atoms with Gasteiger partial charge in [-0.05, 0) is 24.3 Å². The number of nitrogens with one attached hydrogen (secondary N) is 2. The fourth-order valence-electron chi connectivity index (χ4n) is 1.57. The van der Waals surface area contributed by atoms with Crippen molar-refractivity contribution in [1.29, 1.82) is 5.26 Å². The Morgan fingerprint density at radius 3 is 3.17 bits per heavy atom. The quantitative estimate of drug-likeness (QED) is 0.879. The average molecular weight is 259 g/mol. The van der Waals surface area contributed by atoms with Gasteiger partial charge in [-0.3, -0.25) is 9.89 Å². The van der Waals surface area contributed by atoms with Crippen molar-refractivity contribution in [2.24, 2.45) is 0 Å². The Bertz CT molecular complexity index is 634. The normalized spacial score (nSPS) is 14.2. The summed E-state index contributed by atoms with van der Waals surface area (Å²) in [5, 5.41) is 20.4. The second-order valence-corrected chi connectivity index (χ2v) is 4.96. The molecule has 6 nitrogen and oxygen atoms in total. The summed E-state index contributed by atoms with van der Waals surface area (Å²) in [7, 11) is 0. The van der Waals surface area contributed by atoms with Gasteiger partial charge in [0.15, 0.2) is 0 Å². The van der Waals surface area contributed by atoms with E-state index in [2.05, 4.69) is 20.5 Å². The van der Waals surface area contributed by atoms with E-state index in [1.807, 2.05) is 6.07 Å². The van der Waals surface area contributed by atoms with E-state index >= 15 is 0 Å². The van der Waals surface area contributed by atoms with Gasteiger partial charge in [0.2, 0.25) is 5.82 Å². The lowest BCUT2D eigenvalue weighted by molar-refractivity contribution is 0.101. The van der Waals surface area contributed by atoms with Gasteiger partial charge in [0.1, 0.15) is 16.9 Å². The van der Waals surface area contributed by atoms with Crippen LogP contribution in [0, 0.1) is 11.3 Å². The first-order chi connectivity index (χ1) is 8.78. The van der Waals surface area contributed by atoms with Gasteiger partial charge < -0.3 is 5.32 Å². The molecule has 2 aromatic heterocycles. The summed E-state index contributed by atoms with van der Waals surface area (Å²) in [6, 6.07) is 3.67. The Labute approximate surface area is 107 Å². The van der Waals surface area contributed by atoms with Crippen molar-refractivity contribution in [3.63, 3.8) is 0 Å². The minimum Gasteiger partial charge on any atom is -0.310 e. The van der Waals surface area contributed by atoms with E-state index < -0.39 is 5.91 Å². The van der Waals surface area contributed by atoms with Crippen molar-refractivity contribution in [3.8, 4) is 6.07 Å². The number of aromatic amines is 1. The first kappa shape index (κ1) is 10.9. The number of hydrogen-bond acceptors (Lipinski definition) is 5. The van der Waals surface area contributed by atoms with Crippen molar-refractivity contribution in [3.05, 3.63) is 28.7 Å². The molecule has 0 bridgehead atoms. The molecule has 18 heavy (non-hydrogen) atoms. The maximum Gasteiger partial charge on any atom is 0.295 e. The largest absolute Gasteiger partial charge is 0.310 e. The van der Waals surface area contributed by atoms with Crippen LogP contribution in [0.5, 0.6) is 0 Å². The zero-order chi connectivity index (χ0) is 12.5. The number of amides is 1. The first-order valence-corrected chi connectivity index (χ1v) is 6.37. The van der Waals surface area contributed by atoms with Crippen LogP contribution in [0.25, 0.3) is 0 Å². The van der Waals surface area contributed by atoms with Gasteiger partial charge in [0.05, 0.1) is 5.56 Å². The van der Waals surface area contributed by atoms with Crippen LogP contribution >= 0.6 is 11.3 Å². The predicted octanol–water partition coefficient (Wildman–Crippen LogP) is 1.87. The van der Waals surface area contributed by atoms with Gasteiger partial charge in [0, 0.05) is 5.92 Å². The second-order valence-electron chi connectivity index (χ2n) is 4.05. The van der Waals surface area contributed by atoms with E-state index in [1.54, 1.807) is 11.4 Å². The molecule has 0 unspecified atom stereocenters. The molecule has 7 heteroatoms. The van der Waals surface area contributed by atoms with Crippen LogP contribution in [0.3, 0.4) is 0 Å². The average Bonchev–Trinajstić information content (AvgIpc) is 2.93. The number of nitrogens with zero attached hydrogens (tertiary/aromatic N) is 3. The van der Waals surface area contributed by atoms with Gasteiger partial charge in [0.25, 0.3) is 5.91 Å². The van der Waals surface area contributed by atoms with E-state index in [4.69, 9.17) is 5.26 Å². The minimum absolute atomic E-state index is 0.120. The van der Waals surface area contributed by atoms with Gasteiger partial charge in [-0.25, -0.2) is 4.98 Å². The van der Waals surface area contributed by atoms with Crippen LogP contribution < -0.4 is 5.32 Å². The third-order valence-electron chi connectivity index (χ3n) is 2.68. The molecule has 2 N–H and O–H groups in total. The summed E-state index contributed by atoms with van der Waals surface area (Å²) in [5.74, 6) is 0.925. The third-order valence-corrected chi connectivity index (χ3v) is 3.51. The Morgan fingerprint density at radius 1 is 1.61 bits per heavy atom. The molecule has 0 radical (unpaired) electrons. The highest BCUT2D eigenvalue weighted by Crippen LogP contribution is 2.37. The zero-order valence-corrected chi connectivity index (χ0v) is 10.1. The molecular formula is C11H9N5OS. The molecule has 1 amide bonds. The Balaban J connectivity index is 1.76. The van der Waals surface area contributed by atoms with Crippen molar-refractivity contribution >= 4 is 22.2 Å². The molecule has 90 valence electrons. The second kappa shape index (κ2) is 4.23. The van der Waals surface area contributed by atoms with Crippen LogP contribution in [0.2, 0.25) is 0 Å². The topological polar surface area (TPSA) is 94.5 Å². The first-order valence-electron chi connectivity index (χ1n) is 5.49. The molecule has 2 aromatic rings. The fourth-order valence-corrected chi connectivity index (χ4v) is 2.30. The molecule has 2 heterocycles. The maximum atomic E-state index is 11.9. The summed E-state index contributed by atoms with van der Waals surface area (Å²) >= 11 is 1.30. The number of H-pyrrole nitrogens is 1. The van der Waals surface area contributed by atoms with Crippen molar-refractivity contribution < 1.29 is 4.79 Å². The summed E-state index contributed by atoms with van der Waals surface area (Å²) in [4.78, 5) is 16.0. The highest BCUT2D eigenvalue weighted by atomic mass is 32.1. The van der Waals surface area contributed by atoms with E-state index in [9.17, 15) is 4.79 Å². The molecule has 1 saturated carbocycles. The van der Waals surface area contributed by atoms with E-state index in [-0.39, 0.29) is 5.82 Å². The highest BCUT2D eigenvalue weighted by molar-refractivity contribution is 7.14. The van der Waals surface area contributed by atoms with E-state index in [0.29, 0.717) is 16.5 Å². The number of nitriles is 1. The van der Waals surface area contributed by atoms with Crippen molar-refractivity contribution in [1.82, 2.24) is 15.2 Å². The molecule has 1 aliphatic carbocycles. The molecule has 3 rings (SSSR count). The van der Waals surface area contributed by atoms with Gasteiger partial charge in [-0.1, -0.05) is 0 Å². The number of anilines is 1. The van der Waals surface area contributed by atoms with Gasteiger partial charge in [-0.15, -0.1) is 16.4 Å². The van der Waals surface area contributed by atoms with Gasteiger partial charge >= 0.3 is 0 Å². The highest BCUT2D eigenvalue weighted by Gasteiger charge is 2.28. The number of thiophene rings is 1. The van der Waals surface area contributed by atoms with Crippen LogP contribution in [-0.4, -0.2) is 21.1 Å². The SMILES string of the molecule is N#Cc1ccsc1NC(=O)c1n[nH]c(C2CC2)n1. The van der Waals surface area contributed by atoms with Crippen LogP contribution in [0.15, 0.2) is 11.4 Å². The lowest BCUT2D eigenvalue weighted by Gasteiger charge is -1.98. The monoisotopic (exact) mass is 259 g/mol. The predicted molar refractivity (Wildman–Crippen MR) is 65.3 cm³/mol. The van der Waals surface area contributed by atoms with Gasteiger partial charge in [-0.2, -0.15) is 5.26 Å². The molecule has 1 fully saturated rings. The number of rotatable bonds is 3. The van der Waals surface area contributed by atoms with Crippen molar-refractivity contribution in [2.75, 3.05) is 5.32 Å². The number of carbonyl (C=O) groups excluding carboxylic acids is 1. The molecule has 0 atom stereocenters. The number of aromatic nitrogens is 3. The van der Waals surface area contributed by atoms with Crippen molar-refractivity contribution in [2.45, 2.75) is 18.8 Å². The summed E-state index contributed by atoms with van der Waals surface area (Å²) in [6.45, 7) is 0. The van der Waals surface area contributed by atoms with Crippen LogP contribution in [0.1, 0.15) is 40.8 Å². The fraction of sp³-hybridized carbons (Fsp3) is 0.273. The number of hydrogen-bond donors (Lipinski definition) is 2. The maximum absolute atomic E-state index is 11.9. The Morgan fingerprint density at radius 2 is 2.44 bits per heavy atom. The molecule has 0 aromatic carbocycles. The lowest BCUT2D eigenvalue weighted by atomic mass is 10.3. The standard InChI is InChI=1S/C11H9N5OS/c12-5-7-3-4-18-11(7)14-10(17)9-13-8(15-16-9)6-1-2-6/h3-4,6H,1-2H2,(H,14,17)(H,13,15,16). The number of carbonyl (C=O) groups is 1. The Kier molecular flexibility index (Phi) is 2.57. The molecule has 1 aliphatic rings. The molecule has 0 spiro atoms. The van der Waals surface area contributed by atoms with Crippen LogP contribution in [0.4, 0.5) is 5.00 Å². The van der Waals surface area contributed by atoms with E-state index in [1.165, 1.54) is 11.3 Å². The summed E-state index contributed by atoms with van der Waals surface area (Å²) in [6.07, 6.45) is 2.19. The molecule has 0 saturated heterocycles. The van der Waals surface area contributed by atoms with E-state index in [0.717, 1.165) is 18.7 Å². The zero-order valence-electron chi connectivity index (χ0n) is 9.30. The minimum atomic E-state index is -0.392. The smallest absolute Gasteiger partial charge is 0.295 e. The molecular weight excluding hydrogens is 250 g/mol. The van der Waals surface area contributed by atoms with Crippen LogP contribution in [-0.2, 0) is 0 Å². The lowest BCUT2D eigenvalue weighted by Crippen LogP contribution is -2.13.